The molecule has 0 radical (unpaired) electrons. The molecule has 0 spiro atoms. The highest BCUT2D eigenvalue weighted by Crippen LogP contribution is 2.45. The zero-order valence-corrected chi connectivity index (χ0v) is 16.0. The molecule has 0 saturated heterocycles. The Bertz CT molecular complexity index is 1250. The van der Waals surface area contributed by atoms with E-state index in [2.05, 4.69) is 33.8 Å². The molecular formula is C23H23N3O2. The number of hydrogen-bond donors (Lipinski definition) is 3. The zero-order valence-electron chi connectivity index (χ0n) is 16.0. The van der Waals surface area contributed by atoms with Crippen molar-refractivity contribution in [1.82, 2.24) is 14.8 Å². The largest absolute Gasteiger partial charge is 0.507 e. The van der Waals surface area contributed by atoms with Crippen LogP contribution in [0.5, 0.6) is 5.75 Å². The Morgan fingerprint density at radius 3 is 2.71 bits per heavy atom. The van der Waals surface area contributed by atoms with E-state index < -0.39 is 0 Å². The second kappa shape index (κ2) is 6.16. The van der Waals surface area contributed by atoms with Crippen LogP contribution in [0, 0.1) is 6.92 Å². The fourth-order valence-corrected chi connectivity index (χ4v) is 4.28. The number of hydrogen-bond acceptors (Lipinski definition) is 2. The van der Waals surface area contributed by atoms with Gasteiger partial charge in [-0.05, 0) is 73.6 Å². The van der Waals surface area contributed by atoms with Crippen molar-refractivity contribution in [2.24, 2.45) is 0 Å². The first-order valence-electron chi connectivity index (χ1n) is 9.81. The standard InChI is InChI=1S/C23H23N3O2/c1-3-26-10-9-15-16(5-4-6-19(15)26)21-22(24-25-23(21)28)18-12-17(14-7-8-14)13(2)11-20(18)27/h4-6,9-12,14,27H,3,7-8H2,1-2H3,(H2,24,25,28). The molecule has 2 aromatic carbocycles. The summed E-state index contributed by atoms with van der Waals surface area (Å²) in [5.41, 5.74) is 6.03. The molecule has 1 aliphatic carbocycles. The molecule has 1 aliphatic rings. The molecule has 5 heteroatoms. The SMILES string of the molecule is CCn1ccc2c(-c3c(-c4cc(C5CC5)c(C)cc4O)[nH][nH]c3=O)cccc21. The van der Waals surface area contributed by atoms with Crippen LogP contribution in [0.2, 0.25) is 0 Å². The van der Waals surface area contributed by atoms with Gasteiger partial charge in [-0.1, -0.05) is 12.1 Å². The van der Waals surface area contributed by atoms with Crippen LogP contribution in [-0.4, -0.2) is 19.9 Å². The molecule has 5 nitrogen and oxygen atoms in total. The van der Waals surface area contributed by atoms with Crippen LogP contribution in [0.4, 0.5) is 0 Å². The predicted molar refractivity (Wildman–Crippen MR) is 112 cm³/mol. The minimum Gasteiger partial charge on any atom is -0.507 e. The maximum atomic E-state index is 12.8. The Labute approximate surface area is 162 Å². The molecular weight excluding hydrogens is 350 g/mol. The van der Waals surface area contributed by atoms with Gasteiger partial charge in [0.05, 0.1) is 11.3 Å². The van der Waals surface area contributed by atoms with Crippen molar-refractivity contribution in [1.29, 1.82) is 0 Å². The average Bonchev–Trinajstić information content (AvgIpc) is 3.32. The number of nitrogens with zero attached hydrogens (tertiary/aromatic N) is 1. The Kier molecular flexibility index (Phi) is 3.72. The van der Waals surface area contributed by atoms with Crippen molar-refractivity contribution < 1.29 is 5.11 Å². The van der Waals surface area contributed by atoms with Crippen LogP contribution in [0.15, 0.2) is 47.4 Å². The van der Waals surface area contributed by atoms with E-state index >= 15 is 0 Å². The number of phenolic OH excluding ortho intramolecular Hbond substituents is 1. The molecule has 2 heterocycles. The quantitative estimate of drug-likeness (QED) is 0.476. The Hall–Kier alpha value is -3.21. The van der Waals surface area contributed by atoms with E-state index in [1.165, 1.54) is 18.4 Å². The van der Waals surface area contributed by atoms with E-state index in [1.807, 2.05) is 37.4 Å². The number of phenols is 1. The van der Waals surface area contributed by atoms with Crippen molar-refractivity contribution in [3.05, 3.63) is 64.1 Å². The summed E-state index contributed by atoms with van der Waals surface area (Å²) in [7, 11) is 0. The predicted octanol–water partition coefficient (Wildman–Crippen LogP) is 4.90. The second-order valence-corrected chi connectivity index (χ2v) is 7.67. The second-order valence-electron chi connectivity index (χ2n) is 7.67. The first kappa shape index (κ1) is 16.9. The summed E-state index contributed by atoms with van der Waals surface area (Å²) in [5, 5.41) is 17.4. The van der Waals surface area contributed by atoms with Crippen molar-refractivity contribution >= 4 is 10.9 Å². The van der Waals surface area contributed by atoms with Crippen LogP contribution < -0.4 is 5.56 Å². The van der Waals surface area contributed by atoms with E-state index in [1.54, 1.807) is 0 Å². The highest BCUT2D eigenvalue weighted by Gasteiger charge is 2.27. The van der Waals surface area contributed by atoms with Crippen molar-refractivity contribution in [2.45, 2.75) is 39.2 Å². The number of fused-ring (bicyclic) bond motifs is 1. The van der Waals surface area contributed by atoms with Crippen LogP contribution in [0.3, 0.4) is 0 Å². The minimum absolute atomic E-state index is 0.181. The van der Waals surface area contributed by atoms with Crippen LogP contribution >= 0.6 is 0 Å². The smallest absolute Gasteiger partial charge is 0.272 e. The number of aryl methyl sites for hydroxylation is 2. The first-order valence-corrected chi connectivity index (χ1v) is 9.81. The van der Waals surface area contributed by atoms with Gasteiger partial charge in [0.25, 0.3) is 5.56 Å². The number of benzene rings is 2. The van der Waals surface area contributed by atoms with Crippen molar-refractivity contribution in [3.63, 3.8) is 0 Å². The summed E-state index contributed by atoms with van der Waals surface area (Å²) in [6.07, 6.45) is 4.42. The van der Waals surface area contributed by atoms with Gasteiger partial charge in [0.15, 0.2) is 0 Å². The lowest BCUT2D eigenvalue weighted by molar-refractivity contribution is 0.476. The van der Waals surface area contributed by atoms with E-state index in [9.17, 15) is 9.90 Å². The van der Waals surface area contributed by atoms with Gasteiger partial charge in [0.1, 0.15) is 5.75 Å². The number of rotatable bonds is 4. The van der Waals surface area contributed by atoms with Gasteiger partial charge in [0.2, 0.25) is 0 Å². The summed E-state index contributed by atoms with van der Waals surface area (Å²) >= 11 is 0. The molecule has 2 aromatic heterocycles. The van der Waals surface area contributed by atoms with Gasteiger partial charge >= 0.3 is 0 Å². The van der Waals surface area contributed by atoms with Crippen LogP contribution in [-0.2, 0) is 6.54 Å². The van der Waals surface area contributed by atoms with Crippen molar-refractivity contribution in [2.75, 3.05) is 0 Å². The number of aromatic nitrogens is 3. The van der Waals surface area contributed by atoms with E-state index in [4.69, 9.17) is 0 Å². The Balaban J connectivity index is 1.76. The lowest BCUT2D eigenvalue weighted by atomic mass is 9.94. The first-order chi connectivity index (χ1) is 13.6. The van der Waals surface area contributed by atoms with E-state index in [-0.39, 0.29) is 11.3 Å². The molecule has 1 saturated carbocycles. The highest BCUT2D eigenvalue weighted by atomic mass is 16.3. The summed E-state index contributed by atoms with van der Waals surface area (Å²) < 4.78 is 2.16. The maximum Gasteiger partial charge on any atom is 0.272 e. The van der Waals surface area contributed by atoms with Crippen molar-refractivity contribution in [3.8, 4) is 28.1 Å². The third-order valence-electron chi connectivity index (χ3n) is 5.87. The highest BCUT2D eigenvalue weighted by molar-refractivity contribution is 5.99. The number of aromatic amines is 2. The third kappa shape index (κ3) is 2.50. The molecule has 0 atom stereocenters. The fraction of sp³-hybridized carbons (Fsp3) is 0.261. The number of H-pyrrole nitrogens is 2. The summed E-state index contributed by atoms with van der Waals surface area (Å²) in [6, 6.07) is 11.9. The zero-order chi connectivity index (χ0) is 19.4. The topological polar surface area (TPSA) is 73.8 Å². The van der Waals surface area contributed by atoms with Gasteiger partial charge in [-0.3, -0.25) is 15.0 Å². The summed E-state index contributed by atoms with van der Waals surface area (Å²) in [6.45, 7) is 5.00. The molecule has 28 heavy (non-hydrogen) atoms. The molecule has 142 valence electrons. The van der Waals surface area contributed by atoms with Gasteiger partial charge in [-0.25, -0.2) is 0 Å². The molecule has 0 unspecified atom stereocenters. The molecule has 0 aliphatic heterocycles. The normalized spacial score (nSPS) is 14.1. The molecule has 5 rings (SSSR count). The monoisotopic (exact) mass is 373 g/mol. The van der Waals surface area contributed by atoms with Crippen LogP contribution in [0.25, 0.3) is 33.3 Å². The van der Waals surface area contributed by atoms with Crippen LogP contribution in [0.1, 0.15) is 36.8 Å². The van der Waals surface area contributed by atoms with Gasteiger partial charge < -0.3 is 9.67 Å². The fourth-order valence-electron chi connectivity index (χ4n) is 4.28. The lowest BCUT2D eigenvalue weighted by Crippen LogP contribution is -2.02. The molecule has 0 bridgehead atoms. The maximum absolute atomic E-state index is 12.8. The van der Waals surface area contributed by atoms with Gasteiger partial charge in [0, 0.05) is 29.2 Å². The van der Waals surface area contributed by atoms with Gasteiger partial charge in [-0.15, -0.1) is 0 Å². The number of nitrogens with one attached hydrogen (secondary N) is 2. The lowest BCUT2D eigenvalue weighted by Gasteiger charge is -2.12. The Morgan fingerprint density at radius 1 is 1.14 bits per heavy atom. The van der Waals surface area contributed by atoms with E-state index in [0.717, 1.165) is 28.6 Å². The Morgan fingerprint density at radius 2 is 1.96 bits per heavy atom. The summed E-state index contributed by atoms with van der Waals surface area (Å²) in [5.74, 6) is 0.757. The van der Waals surface area contributed by atoms with E-state index in [0.29, 0.717) is 22.7 Å². The molecule has 1 fully saturated rings. The molecule has 0 amide bonds. The third-order valence-corrected chi connectivity index (χ3v) is 5.87. The molecule has 4 aromatic rings. The molecule has 3 N–H and O–H groups in total. The minimum atomic E-state index is -0.181. The number of aromatic hydroxyl groups is 1. The average molecular weight is 373 g/mol. The van der Waals surface area contributed by atoms with Gasteiger partial charge in [-0.2, -0.15) is 0 Å². The summed E-state index contributed by atoms with van der Waals surface area (Å²) in [4.78, 5) is 12.8.